The second-order valence-electron chi connectivity index (χ2n) is 4.10. The Hall–Kier alpha value is -0.900. The minimum Gasteiger partial charge on any atom is -0.481 e. The molecule has 0 aromatic heterocycles. The molecule has 0 bridgehead atoms. The van der Waals surface area contributed by atoms with Gasteiger partial charge < -0.3 is 5.11 Å². The lowest BCUT2D eigenvalue weighted by Gasteiger charge is -2.19. The molecule has 0 spiro atoms. The second kappa shape index (κ2) is 4.31. The molecular weight excluding hydrogens is 263 g/mol. The molecule has 0 aliphatic carbocycles. The molecule has 2 nitrogen and oxygen atoms in total. The van der Waals surface area contributed by atoms with Crippen molar-refractivity contribution < 1.29 is 14.3 Å². The van der Waals surface area contributed by atoms with Gasteiger partial charge >= 0.3 is 5.97 Å². The zero-order chi connectivity index (χ0) is 11.6. The SMILES string of the molecule is CC(C)(Cc1ccc(Br)cc1F)C(=O)O. The summed E-state index contributed by atoms with van der Waals surface area (Å²) in [7, 11) is 0. The second-order valence-corrected chi connectivity index (χ2v) is 5.02. The summed E-state index contributed by atoms with van der Waals surface area (Å²) in [6.45, 7) is 3.16. The highest BCUT2D eigenvalue weighted by atomic mass is 79.9. The molecule has 1 rings (SSSR count). The van der Waals surface area contributed by atoms with Crippen molar-refractivity contribution in [3.63, 3.8) is 0 Å². The number of aliphatic carboxylic acids is 1. The van der Waals surface area contributed by atoms with E-state index in [0.29, 0.717) is 10.0 Å². The van der Waals surface area contributed by atoms with Gasteiger partial charge in [-0.05, 0) is 38.0 Å². The van der Waals surface area contributed by atoms with E-state index in [1.807, 2.05) is 0 Å². The minimum absolute atomic E-state index is 0.182. The zero-order valence-corrected chi connectivity index (χ0v) is 10.1. The molecule has 1 aromatic rings. The molecular formula is C11H12BrFO2. The first kappa shape index (κ1) is 12.2. The third kappa shape index (κ3) is 3.02. The van der Waals surface area contributed by atoms with Gasteiger partial charge in [0.15, 0.2) is 0 Å². The van der Waals surface area contributed by atoms with E-state index in [2.05, 4.69) is 15.9 Å². The van der Waals surface area contributed by atoms with Gasteiger partial charge in [0, 0.05) is 4.47 Å². The molecule has 0 aliphatic rings. The van der Waals surface area contributed by atoms with E-state index < -0.39 is 11.4 Å². The van der Waals surface area contributed by atoms with E-state index in [4.69, 9.17) is 5.11 Å². The minimum atomic E-state index is -0.950. The Kier molecular flexibility index (Phi) is 3.50. The maximum atomic E-state index is 13.4. The van der Waals surface area contributed by atoms with Crippen molar-refractivity contribution >= 4 is 21.9 Å². The van der Waals surface area contributed by atoms with Gasteiger partial charge in [-0.15, -0.1) is 0 Å². The molecule has 0 saturated carbocycles. The normalized spacial score (nSPS) is 11.5. The molecule has 0 fully saturated rings. The summed E-state index contributed by atoms with van der Waals surface area (Å²) in [6.07, 6.45) is 0.182. The summed E-state index contributed by atoms with van der Waals surface area (Å²) in [6, 6.07) is 4.65. The fourth-order valence-corrected chi connectivity index (χ4v) is 1.55. The van der Waals surface area contributed by atoms with Gasteiger partial charge in [0.05, 0.1) is 5.41 Å². The van der Waals surface area contributed by atoms with Crippen LogP contribution in [0.25, 0.3) is 0 Å². The van der Waals surface area contributed by atoms with E-state index in [9.17, 15) is 9.18 Å². The smallest absolute Gasteiger partial charge is 0.309 e. The fourth-order valence-electron chi connectivity index (χ4n) is 1.22. The molecule has 0 atom stereocenters. The lowest BCUT2D eigenvalue weighted by Crippen LogP contribution is -2.26. The van der Waals surface area contributed by atoms with Crippen LogP contribution in [0, 0.1) is 11.2 Å². The summed E-state index contributed by atoms with van der Waals surface area (Å²) in [5.74, 6) is -1.30. The highest BCUT2D eigenvalue weighted by Gasteiger charge is 2.28. The molecule has 82 valence electrons. The molecule has 0 saturated heterocycles. The number of carbonyl (C=O) groups is 1. The highest BCUT2D eigenvalue weighted by molar-refractivity contribution is 9.10. The number of carboxylic acids is 1. The Balaban J connectivity index is 2.95. The third-order valence-electron chi connectivity index (χ3n) is 2.23. The number of benzene rings is 1. The van der Waals surface area contributed by atoms with Crippen molar-refractivity contribution in [3.8, 4) is 0 Å². The summed E-state index contributed by atoms with van der Waals surface area (Å²) in [5, 5.41) is 8.92. The molecule has 15 heavy (non-hydrogen) atoms. The van der Waals surface area contributed by atoms with Gasteiger partial charge in [0.25, 0.3) is 0 Å². The first-order chi connectivity index (χ1) is 6.83. The van der Waals surface area contributed by atoms with E-state index in [1.165, 1.54) is 6.07 Å². The summed E-state index contributed by atoms with van der Waals surface area (Å²) in [5.41, 5.74) is -0.528. The third-order valence-corrected chi connectivity index (χ3v) is 2.72. The highest BCUT2D eigenvalue weighted by Crippen LogP contribution is 2.25. The molecule has 0 amide bonds. The summed E-state index contributed by atoms with van der Waals surface area (Å²) < 4.78 is 14.1. The van der Waals surface area contributed by atoms with Crippen molar-refractivity contribution in [3.05, 3.63) is 34.1 Å². The predicted octanol–water partition coefficient (Wildman–Crippen LogP) is 3.24. The quantitative estimate of drug-likeness (QED) is 0.919. The van der Waals surface area contributed by atoms with Gasteiger partial charge in [0.1, 0.15) is 5.82 Å². The molecule has 0 unspecified atom stereocenters. The molecule has 1 N–H and O–H groups in total. The Bertz CT molecular complexity index is 388. The van der Waals surface area contributed by atoms with Crippen LogP contribution in [-0.2, 0) is 11.2 Å². The van der Waals surface area contributed by atoms with Gasteiger partial charge in [-0.2, -0.15) is 0 Å². The lowest BCUT2D eigenvalue weighted by molar-refractivity contribution is -0.146. The topological polar surface area (TPSA) is 37.3 Å². The standard InChI is InChI=1S/C11H12BrFO2/c1-11(2,10(14)15)6-7-3-4-8(12)5-9(7)13/h3-5H,6H2,1-2H3,(H,14,15). The average molecular weight is 275 g/mol. The number of hydrogen-bond acceptors (Lipinski definition) is 1. The van der Waals surface area contributed by atoms with E-state index in [-0.39, 0.29) is 12.2 Å². The predicted molar refractivity (Wildman–Crippen MR) is 59.2 cm³/mol. The maximum Gasteiger partial charge on any atom is 0.309 e. The van der Waals surface area contributed by atoms with E-state index in [1.54, 1.807) is 26.0 Å². The van der Waals surface area contributed by atoms with Crippen LogP contribution in [0.4, 0.5) is 4.39 Å². The molecule has 4 heteroatoms. The molecule has 0 aliphatic heterocycles. The van der Waals surface area contributed by atoms with Crippen molar-refractivity contribution in [2.24, 2.45) is 5.41 Å². The average Bonchev–Trinajstić information content (AvgIpc) is 2.09. The van der Waals surface area contributed by atoms with Crippen LogP contribution in [0.1, 0.15) is 19.4 Å². The van der Waals surface area contributed by atoms with Gasteiger partial charge in [-0.1, -0.05) is 22.0 Å². The number of rotatable bonds is 3. The monoisotopic (exact) mass is 274 g/mol. The van der Waals surface area contributed by atoms with Crippen molar-refractivity contribution in [2.45, 2.75) is 20.3 Å². The van der Waals surface area contributed by atoms with E-state index in [0.717, 1.165) is 0 Å². The van der Waals surface area contributed by atoms with Crippen LogP contribution < -0.4 is 0 Å². The van der Waals surface area contributed by atoms with Crippen LogP contribution in [0.5, 0.6) is 0 Å². The zero-order valence-electron chi connectivity index (χ0n) is 8.55. The maximum absolute atomic E-state index is 13.4. The number of halogens is 2. The molecule has 1 aromatic carbocycles. The van der Waals surface area contributed by atoms with Gasteiger partial charge in [-0.25, -0.2) is 4.39 Å². The van der Waals surface area contributed by atoms with Gasteiger partial charge in [0.2, 0.25) is 0 Å². The van der Waals surface area contributed by atoms with Crippen LogP contribution in [-0.4, -0.2) is 11.1 Å². The van der Waals surface area contributed by atoms with E-state index >= 15 is 0 Å². The first-order valence-electron chi connectivity index (χ1n) is 4.50. The first-order valence-corrected chi connectivity index (χ1v) is 5.29. The number of hydrogen-bond donors (Lipinski definition) is 1. The summed E-state index contributed by atoms with van der Waals surface area (Å²) >= 11 is 3.15. The summed E-state index contributed by atoms with van der Waals surface area (Å²) in [4.78, 5) is 10.9. The Labute approximate surface area is 96.2 Å². The van der Waals surface area contributed by atoms with Crippen molar-refractivity contribution in [2.75, 3.05) is 0 Å². The number of carboxylic acid groups (broad SMARTS) is 1. The van der Waals surface area contributed by atoms with Crippen LogP contribution in [0.3, 0.4) is 0 Å². The van der Waals surface area contributed by atoms with Crippen LogP contribution in [0.15, 0.2) is 22.7 Å². The molecule has 0 radical (unpaired) electrons. The molecule has 0 heterocycles. The Morgan fingerprint density at radius 3 is 2.60 bits per heavy atom. The lowest BCUT2D eigenvalue weighted by atomic mass is 9.86. The van der Waals surface area contributed by atoms with Crippen molar-refractivity contribution in [1.29, 1.82) is 0 Å². The van der Waals surface area contributed by atoms with Gasteiger partial charge in [-0.3, -0.25) is 4.79 Å². The van der Waals surface area contributed by atoms with Crippen molar-refractivity contribution in [1.82, 2.24) is 0 Å². The van der Waals surface area contributed by atoms with Crippen LogP contribution in [0.2, 0.25) is 0 Å². The fraction of sp³-hybridized carbons (Fsp3) is 0.364. The largest absolute Gasteiger partial charge is 0.481 e. The Morgan fingerprint density at radius 1 is 1.53 bits per heavy atom. The Morgan fingerprint density at radius 2 is 2.13 bits per heavy atom. The van der Waals surface area contributed by atoms with Crippen LogP contribution >= 0.6 is 15.9 Å².